The van der Waals surface area contributed by atoms with Crippen molar-refractivity contribution in [2.45, 2.75) is 37.3 Å². The molecule has 2 rings (SSSR count). The lowest BCUT2D eigenvalue weighted by Crippen LogP contribution is -2.56. The Kier molecular flexibility index (Phi) is 8.40. The Morgan fingerprint density at radius 3 is 2.10 bits per heavy atom. The van der Waals surface area contributed by atoms with Gasteiger partial charge in [-0.05, 0) is 29.3 Å². The summed E-state index contributed by atoms with van der Waals surface area (Å²) in [5.74, 6) is 0.631. The molecular weight excluding hydrogens is 404 g/mol. The van der Waals surface area contributed by atoms with E-state index in [4.69, 9.17) is 14.2 Å². The van der Waals surface area contributed by atoms with Crippen molar-refractivity contribution in [2.75, 3.05) is 13.7 Å². The molecule has 3 atom stereocenters. The average molecular weight is 428 g/mol. The molecule has 0 unspecified atom stereocenters. The molecule has 1 N–H and O–H groups in total. The molecule has 0 saturated heterocycles. The van der Waals surface area contributed by atoms with Crippen LogP contribution in [-0.4, -0.2) is 42.9 Å². The van der Waals surface area contributed by atoms with Gasteiger partial charge in [-0.3, -0.25) is 0 Å². The fraction of sp³-hybridized carbons (Fsp3) is 0.364. The predicted octanol–water partition coefficient (Wildman–Crippen LogP) is 4.61. The maximum Gasteiger partial charge on any atom is 0.428 e. The number of alkyl halides is 4. The van der Waals surface area contributed by atoms with Gasteiger partial charge in [0.15, 0.2) is 0 Å². The summed E-state index contributed by atoms with van der Waals surface area (Å²) in [6.07, 6.45) is -9.37. The van der Waals surface area contributed by atoms with Crippen molar-refractivity contribution in [3.8, 4) is 5.75 Å². The van der Waals surface area contributed by atoms with Crippen molar-refractivity contribution in [2.24, 2.45) is 0 Å². The summed E-state index contributed by atoms with van der Waals surface area (Å²) < 4.78 is 70.6. The van der Waals surface area contributed by atoms with E-state index in [1.165, 1.54) is 7.11 Å². The molecule has 0 aromatic heterocycles. The van der Waals surface area contributed by atoms with Crippen molar-refractivity contribution in [3.05, 3.63) is 78.4 Å². The van der Waals surface area contributed by atoms with Crippen molar-refractivity contribution in [1.82, 2.24) is 0 Å². The highest BCUT2D eigenvalue weighted by atomic mass is 19.4. The van der Waals surface area contributed by atoms with E-state index in [-0.39, 0.29) is 19.3 Å². The highest BCUT2D eigenvalue weighted by molar-refractivity contribution is 5.26. The molecule has 0 bridgehead atoms. The Morgan fingerprint density at radius 2 is 1.57 bits per heavy atom. The third-order valence-electron chi connectivity index (χ3n) is 4.48. The lowest BCUT2D eigenvalue weighted by atomic mass is 9.93. The monoisotopic (exact) mass is 428 g/mol. The molecule has 0 amide bonds. The van der Waals surface area contributed by atoms with Gasteiger partial charge in [-0.15, -0.1) is 0 Å². The number of hydrogen-bond donors (Lipinski definition) is 1. The van der Waals surface area contributed by atoms with Crippen LogP contribution in [0.3, 0.4) is 0 Å². The Balaban J connectivity index is 2.08. The molecule has 164 valence electrons. The number of aliphatic hydroxyl groups is 1. The molecule has 0 aliphatic heterocycles. The minimum atomic E-state index is -5.33. The summed E-state index contributed by atoms with van der Waals surface area (Å²) in [5.41, 5.74) is -2.72. The molecule has 4 nitrogen and oxygen atoms in total. The highest BCUT2D eigenvalue weighted by Gasteiger charge is 2.61. The summed E-state index contributed by atoms with van der Waals surface area (Å²) in [6, 6.07) is 15.1. The fourth-order valence-corrected chi connectivity index (χ4v) is 2.77. The molecule has 30 heavy (non-hydrogen) atoms. The van der Waals surface area contributed by atoms with Crippen LogP contribution >= 0.6 is 0 Å². The van der Waals surface area contributed by atoms with Crippen LogP contribution in [0, 0.1) is 0 Å². The van der Waals surface area contributed by atoms with Gasteiger partial charge in [0, 0.05) is 0 Å². The van der Waals surface area contributed by atoms with Crippen molar-refractivity contribution >= 4 is 0 Å². The van der Waals surface area contributed by atoms with Crippen LogP contribution in [0.5, 0.6) is 5.75 Å². The lowest BCUT2D eigenvalue weighted by Gasteiger charge is -2.35. The minimum Gasteiger partial charge on any atom is -0.497 e. The number of ether oxygens (including phenoxy) is 3. The van der Waals surface area contributed by atoms with Gasteiger partial charge in [-0.2, -0.15) is 13.2 Å². The maximum atomic E-state index is 14.9. The zero-order valence-corrected chi connectivity index (χ0v) is 16.4. The quantitative estimate of drug-likeness (QED) is 0.419. The van der Waals surface area contributed by atoms with Gasteiger partial charge in [0.05, 0.1) is 26.9 Å². The molecule has 2 aromatic carbocycles. The fourth-order valence-electron chi connectivity index (χ4n) is 2.77. The van der Waals surface area contributed by atoms with Gasteiger partial charge in [-0.1, -0.05) is 49.0 Å². The lowest BCUT2D eigenvalue weighted by molar-refractivity contribution is -0.265. The van der Waals surface area contributed by atoms with E-state index in [1.54, 1.807) is 54.6 Å². The van der Waals surface area contributed by atoms with Crippen LogP contribution in [0.2, 0.25) is 0 Å². The third kappa shape index (κ3) is 6.04. The first-order valence-corrected chi connectivity index (χ1v) is 9.14. The Bertz CT molecular complexity index is 780. The zero-order chi connectivity index (χ0) is 22.2. The molecule has 8 heteroatoms. The first-order valence-electron chi connectivity index (χ1n) is 9.14. The first-order chi connectivity index (χ1) is 14.2. The van der Waals surface area contributed by atoms with E-state index in [0.717, 1.165) is 0 Å². The van der Waals surface area contributed by atoms with E-state index >= 15 is 0 Å². The van der Waals surface area contributed by atoms with E-state index in [1.807, 2.05) is 0 Å². The third-order valence-corrected chi connectivity index (χ3v) is 4.48. The van der Waals surface area contributed by atoms with Crippen LogP contribution < -0.4 is 4.74 Å². The second kappa shape index (κ2) is 10.6. The summed E-state index contributed by atoms with van der Waals surface area (Å²) >= 11 is 0. The smallest absolute Gasteiger partial charge is 0.428 e. The minimum absolute atomic E-state index is 0.00581. The Hall–Kier alpha value is -2.42. The predicted molar refractivity (Wildman–Crippen MR) is 104 cm³/mol. The normalized spacial score (nSPS) is 15.8. The van der Waals surface area contributed by atoms with Gasteiger partial charge in [0.2, 0.25) is 0 Å². The molecule has 0 saturated carbocycles. The summed E-state index contributed by atoms with van der Waals surface area (Å²) in [4.78, 5) is 0. The van der Waals surface area contributed by atoms with Gasteiger partial charge in [-0.25, -0.2) is 4.39 Å². The van der Waals surface area contributed by atoms with Crippen LogP contribution in [0.25, 0.3) is 0 Å². The maximum absolute atomic E-state index is 14.9. The number of rotatable bonds is 11. The highest BCUT2D eigenvalue weighted by Crippen LogP contribution is 2.40. The van der Waals surface area contributed by atoms with Crippen LogP contribution in [0.1, 0.15) is 11.1 Å². The largest absolute Gasteiger partial charge is 0.497 e. The van der Waals surface area contributed by atoms with Crippen LogP contribution in [0.4, 0.5) is 17.6 Å². The summed E-state index contributed by atoms with van der Waals surface area (Å²) in [7, 11) is 1.51. The molecule has 0 radical (unpaired) electrons. The summed E-state index contributed by atoms with van der Waals surface area (Å²) in [6.45, 7) is 2.08. The average Bonchev–Trinajstić information content (AvgIpc) is 2.74. The Morgan fingerprint density at radius 1 is 0.967 bits per heavy atom. The molecule has 0 aliphatic carbocycles. The molecular formula is C22H24F4O4. The number of hydrogen-bond acceptors (Lipinski definition) is 4. The van der Waals surface area contributed by atoms with E-state index in [0.29, 0.717) is 16.9 Å². The Labute approximate surface area is 172 Å². The molecule has 0 aliphatic rings. The van der Waals surface area contributed by atoms with E-state index in [2.05, 4.69) is 6.58 Å². The van der Waals surface area contributed by atoms with Gasteiger partial charge >= 0.3 is 6.18 Å². The number of benzene rings is 2. The SMILES string of the molecule is C=C[C@](F)([C@H](OCc1ccccc1)[C@H](O)COCc1ccc(OC)cc1)C(F)(F)F. The van der Waals surface area contributed by atoms with Gasteiger partial charge in [0.1, 0.15) is 18.0 Å². The van der Waals surface area contributed by atoms with Gasteiger partial charge in [0.25, 0.3) is 5.67 Å². The molecule has 2 aromatic rings. The van der Waals surface area contributed by atoms with Gasteiger partial charge < -0.3 is 19.3 Å². The zero-order valence-electron chi connectivity index (χ0n) is 16.4. The summed E-state index contributed by atoms with van der Waals surface area (Å²) in [5, 5.41) is 10.3. The van der Waals surface area contributed by atoms with Crippen molar-refractivity contribution in [1.29, 1.82) is 0 Å². The van der Waals surface area contributed by atoms with Crippen molar-refractivity contribution < 1.29 is 36.9 Å². The first kappa shape index (κ1) is 23.9. The van der Waals surface area contributed by atoms with E-state index < -0.39 is 30.7 Å². The standard InChI is InChI=1S/C22H24F4O4/c1-3-21(23,22(24,25)26)20(30-14-16-7-5-4-6-8-16)19(27)15-29-13-17-9-11-18(28-2)12-10-17/h3-12,19-20,27H,1,13-15H2,2H3/t19-,20-,21+/m1/s1. The number of methoxy groups -OCH3 is 1. The number of aliphatic hydroxyl groups excluding tert-OH is 1. The molecule has 0 heterocycles. The number of halogens is 4. The van der Waals surface area contributed by atoms with Crippen LogP contribution in [0.15, 0.2) is 67.3 Å². The van der Waals surface area contributed by atoms with Crippen molar-refractivity contribution in [3.63, 3.8) is 0 Å². The molecule has 0 spiro atoms. The van der Waals surface area contributed by atoms with E-state index in [9.17, 15) is 22.7 Å². The second-order valence-electron chi connectivity index (χ2n) is 6.62. The molecule has 0 fully saturated rings. The second-order valence-corrected chi connectivity index (χ2v) is 6.62. The topological polar surface area (TPSA) is 47.9 Å². The van der Waals surface area contributed by atoms with Crippen LogP contribution in [-0.2, 0) is 22.7 Å².